The van der Waals surface area contributed by atoms with E-state index in [1.54, 1.807) is 6.92 Å². The highest BCUT2D eigenvalue weighted by atomic mass is 16.1. The molecule has 2 heteroatoms. The van der Waals surface area contributed by atoms with E-state index < -0.39 is 0 Å². The monoisotopic (exact) mass is 203 g/mol. The average Bonchev–Trinajstić information content (AvgIpc) is 2.21. The van der Waals surface area contributed by atoms with Crippen LogP contribution in [0.15, 0.2) is 36.4 Å². The lowest BCUT2D eigenvalue weighted by molar-refractivity contribution is -0.112. The highest BCUT2D eigenvalue weighted by Gasteiger charge is 2.05. The molecule has 0 aliphatic carbocycles. The quantitative estimate of drug-likeness (QED) is 0.748. The maximum Gasteiger partial charge on any atom is 0.250 e. The van der Waals surface area contributed by atoms with Crippen LogP contribution in [0.3, 0.4) is 0 Å². The number of hydrogen-bond donors (Lipinski definition) is 1. The molecule has 0 spiro atoms. The molecule has 80 valence electrons. The molecule has 0 heterocycles. The number of nitrogens with one attached hydrogen (secondary N) is 1. The summed E-state index contributed by atoms with van der Waals surface area (Å²) in [5, 5.41) is 2.86. The van der Waals surface area contributed by atoms with E-state index in [1.807, 2.05) is 24.3 Å². The maximum absolute atomic E-state index is 11.5. The van der Waals surface area contributed by atoms with Gasteiger partial charge in [0.05, 0.1) is 0 Å². The van der Waals surface area contributed by atoms with Crippen molar-refractivity contribution in [1.82, 2.24) is 0 Å². The number of rotatable bonds is 4. The van der Waals surface area contributed by atoms with Crippen LogP contribution >= 0.6 is 0 Å². The van der Waals surface area contributed by atoms with Gasteiger partial charge in [-0.1, -0.05) is 38.1 Å². The Hall–Kier alpha value is -1.57. The molecule has 1 rings (SSSR count). The summed E-state index contributed by atoms with van der Waals surface area (Å²) in [6.07, 6.45) is 2.05. The number of para-hydroxylation sites is 1. The van der Waals surface area contributed by atoms with Crippen molar-refractivity contribution >= 4 is 11.6 Å². The smallest absolute Gasteiger partial charge is 0.250 e. The van der Waals surface area contributed by atoms with E-state index in [-0.39, 0.29) is 5.91 Å². The van der Waals surface area contributed by atoms with Crippen molar-refractivity contribution in [2.75, 3.05) is 5.32 Å². The van der Waals surface area contributed by atoms with Gasteiger partial charge in [0, 0.05) is 11.3 Å². The van der Waals surface area contributed by atoms with Gasteiger partial charge in [-0.2, -0.15) is 0 Å². The van der Waals surface area contributed by atoms with Gasteiger partial charge in [-0.3, -0.25) is 4.79 Å². The highest BCUT2D eigenvalue weighted by Crippen LogP contribution is 2.17. The Labute approximate surface area is 91.0 Å². The van der Waals surface area contributed by atoms with E-state index in [0.717, 1.165) is 18.5 Å². The Bertz CT molecular complexity index is 369. The molecule has 0 radical (unpaired) electrons. The standard InChI is InChI=1S/C13H17NO/c1-4-7-11-8-5-6-9-12(11)14-13(15)10(2)3/h5-6,8-9H,2,4,7H2,1,3H3,(H,14,15). The van der Waals surface area contributed by atoms with Crippen molar-refractivity contribution in [3.8, 4) is 0 Å². The van der Waals surface area contributed by atoms with E-state index in [1.165, 1.54) is 5.56 Å². The molecule has 0 atom stereocenters. The summed E-state index contributed by atoms with van der Waals surface area (Å²) in [6, 6.07) is 7.87. The Morgan fingerprint density at radius 1 is 1.40 bits per heavy atom. The van der Waals surface area contributed by atoms with Gasteiger partial charge in [0.1, 0.15) is 0 Å². The molecule has 0 saturated carbocycles. The molecule has 1 aromatic rings. The molecule has 0 unspecified atom stereocenters. The highest BCUT2D eigenvalue weighted by molar-refractivity contribution is 6.03. The largest absolute Gasteiger partial charge is 0.322 e. The van der Waals surface area contributed by atoms with Crippen molar-refractivity contribution in [2.24, 2.45) is 0 Å². The summed E-state index contributed by atoms with van der Waals surface area (Å²) in [5.41, 5.74) is 2.60. The molecule has 0 bridgehead atoms. The summed E-state index contributed by atoms with van der Waals surface area (Å²) in [5.74, 6) is -0.112. The number of amides is 1. The predicted molar refractivity (Wildman–Crippen MR) is 63.9 cm³/mol. The van der Waals surface area contributed by atoms with E-state index in [4.69, 9.17) is 0 Å². The molecule has 1 aromatic carbocycles. The summed E-state index contributed by atoms with van der Waals surface area (Å²) >= 11 is 0. The van der Waals surface area contributed by atoms with Crippen molar-refractivity contribution in [1.29, 1.82) is 0 Å². The first-order valence-electron chi connectivity index (χ1n) is 5.20. The minimum absolute atomic E-state index is 0.112. The number of carbonyl (C=O) groups excluding carboxylic acids is 1. The van der Waals surface area contributed by atoms with Crippen molar-refractivity contribution in [2.45, 2.75) is 26.7 Å². The van der Waals surface area contributed by atoms with Gasteiger partial charge >= 0.3 is 0 Å². The molecule has 0 aliphatic rings. The predicted octanol–water partition coefficient (Wildman–Crippen LogP) is 3.15. The van der Waals surface area contributed by atoms with Crippen LogP contribution in [0.5, 0.6) is 0 Å². The van der Waals surface area contributed by atoms with Crippen LogP contribution in [0.2, 0.25) is 0 Å². The third-order valence-electron chi connectivity index (χ3n) is 2.17. The Balaban J connectivity index is 2.84. The lowest BCUT2D eigenvalue weighted by Crippen LogP contribution is -2.13. The SMILES string of the molecule is C=C(C)C(=O)Nc1ccccc1CCC. The fourth-order valence-electron chi connectivity index (χ4n) is 1.36. The van der Waals surface area contributed by atoms with Crippen LogP contribution in [0.4, 0.5) is 5.69 Å². The first-order valence-corrected chi connectivity index (χ1v) is 5.20. The third kappa shape index (κ3) is 3.24. The van der Waals surface area contributed by atoms with Crippen LogP contribution < -0.4 is 5.32 Å². The van der Waals surface area contributed by atoms with Crippen LogP contribution in [-0.4, -0.2) is 5.91 Å². The first-order chi connectivity index (χ1) is 7.15. The number of carbonyl (C=O) groups is 1. The van der Waals surface area contributed by atoms with Crippen LogP contribution in [-0.2, 0) is 11.2 Å². The van der Waals surface area contributed by atoms with Crippen LogP contribution in [0.1, 0.15) is 25.8 Å². The van der Waals surface area contributed by atoms with Gasteiger partial charge in [0.2, 0.25) is 0 Å². The number of anilines is 1. The molecule has 15 heavy (non-hydrogen) atoms. The molecular formula is C13H17NO. The van der Waals surface area contributed by atoms with E-state index in [0.29, 0.717) is 5.57 Å². The second-order valence-electron chi connectivity index (χ2n) is 3.64. The van der Waals surface area contributed by atoms with Crippen LogP contribution in [0.25, 0.3) is 0 Å². The fourth-order valence-corrected chi connectivity index (χ4v) is 1.36. The number of benzene rings is 1. The second kappa shape index (κ2) is 5.35. The molecule has 2 nitrogen and oxygen atoms in total. The fraction of sp³-hybridized carbons (Fsp3) is 0.308. The van der Waals surface area contributed by atoms with Gasteiger partial charge in [-0.05, 0) is 25.0 Å². The zero-order valence-electron chi connectivity index (χ0n) is 9.34. The minimum Gasteiger partial charge on any atom is -0.322 e. The molecule has 0 aromatic heterocycles. The van der Waals surface area contributed by atoms with Crippen molar-refractivity contribution < 1.29 is 4.79 Å². The molecule has 0 fully saturated rings. The van der Waals surface area contributed by atoms with Crippen molar-refractivity contribution in [3.63, 3.8) is 0 Å². The Morgan fingerprint density at radius 2 is 2.07 bits per heavy atom. The summed E-state index contributed by atoms with van der Waals surface area (Å²) in [4.78, 5) is 11.5. The molecule has 0 aliphatic heterocycles. The number of aryl methyl sites for hydroxylation is 1. The van der Waals surface area contributed by atoms with Gasteiger partial charge in [0.25, 0.3) is 5.91 Å². The zero-order valence-corrected chi connectivity index (χ0v) is 9.34. The third-order valence-corrected chi connectivity index (χ3v) is 2.17. The molecular weight excluding hydrogens is 186 g/mol. The normalized spacial score (nSPS) is 9.73. The summed E-state index contributed by atoms with van der Waals surface area (Å²) < 4.78 is 0. The first kappa shape index (κ1) is 11.5. The summed E-state index contributed by atoms with van der Waals surface area (Å²) in [6.45, 7) is 7.44. The Morgan fingerprint density at radius 3 is 2.67 bits per heavy atom. The van der Waals surface area contributed by atoms with Gasteiger partial charge in [-0.15, -0.1) is 0 Å². The van der Waals surface area contributed by atoms with Crippen molar-refractivity contribution in [3.05, 3.63) is 42.0 Å². The van der Waals surface area contributed by atoms with Gasteiger partial charge in [0.15, 0.2) is 0 Å². The zero-order chi connectivity index (χ0) is 11.3. The lowest BCUT2D eigenvalue weighted by atomic mass is 10.1. The summed E-state index contributed by atoms with van der Waals surface area (Å²) in [7, 11) is 0. The van der Waals surface area contributed by atoms with Gasteiger partial charge in [-0.25, -0.2) is 0 Å². The molecule has 1 amide bonds. The Kier molecular flexibility index (Phi) is 4.10. The van der Waals surface area contributed by atoms with E-state index in [2.05, 4.69) is 18.8 Å². The average molecular weight is 203 g/mol. The lowest BCUT2D eigenvalue weighted by Gasteiger charge is -2.09. The minimum atomic E-state index is -0.112. The van der Waals surface area contributed by atoms with E-state index in [9.17, 15) is 4.79 Å². The van der Waals surface area contributed by atoms with Gasteiger partial charge < -0.3 is 5.32 Å². The topological polar surface area (TPSA) is 29.1 Å². The number of hydrogen-bond acceptors (Lipinski definition) is 1. The van der Waals surface area contributed by atoms with Crippen LogP contribution in [0, 0.1) is 0 Å². The maximum atomic E-state index is 11.5. The molecule has 1 N–H and O–H groups in total. The molecule has 0 saturated heterocycles. The second-order valence-corrected chi connectivity index (χ2v) is 3.64. The van der Waals surface area contributed by atoms with E-state index >= 15 is 0 Å².